The van der Waals surface area contributed by atoms with Crippen LogP contribution in [0.4, 0.5) is 39.8 Å². The van der Waals surface area contributed by atoms with Crippen LogP contribution >= 0.6 is 0 Å². The number of nitrogen functional groups attached to an aromatic ring is 1. The van der Waals surface area contributed by atoms with Crippen LogP contribution in [0.3, 0.4) is 0 Å². The van der Waals surface area contributed by atoms with Gasteiger partial charge in [-0.05, 0) is 319 Å². The average Bonchev–Trinajstić information content (AvgIpc) is 0.836. The van der Waals surface area contributed by atoms with Crippen molar-refractivity contribution in [1.29, 1.82) is 0 Å². The molecule has 0 aliphatic carbocycles. The number of anilines is 7. The number of aryl methyl sites for hydroxylation is 7. The average molecular weight is 1440 g/mol. The number of nitrogens with two attached hydrogens (primary N) is 1. The van der Waals surface area contributed by atoms with Crippen molar-refractivity contribution in [3.05, 3.63) is 307 Å². The zero-order valence-electron chi connectivity index (χ0n) is 66.9. The second kappa shape index (κ2) is 40.4. The van der Waals surface area contributed by atoms with Gasteiger partial charge in [-0.2, -0.15) is 0 Å². The maximum absolute atomic E-state index is 12.4. The molecule has 107 heavy (non-hydrogen) atoms. The Hall–Kier alpha value is -11.1. The van der Waals surface area contributed by atoms with Crippen LogP contribution in [0, 0.1) is 71.6 Å². The maximum Gasteiger partial charge on any atom is 0.255 e. The largest absolute Gasteiger partial charge is 0.496 e. The van der Waals surface area contributed by atoms with Crippen molar-refractivity contribution in [3.63, 3.8) is 0 Å². The number of carbonyl (C=O) groups is 5. The molecule has 0 aliphatic heterocycles. The molecule has 10 aromatic rings. The third-order valence-corrected chi connectivity index (χ3v) is 16.9. The SMILES string of the molecule is COc1ccc(C(=O)Nc2cccc(C)c2)cc1CC(C)C.Cc1ccc(C(=O)Nc2ccc(N)cc2)cc1CC(C)C.Cc1cccc(NC(=O)c2ccc(C)c(CC(C)(C)C)c2)c1.Cc1cccc(NC(=O)c2ccc(C)c(NC(C)(C)C)c2)c1.Cc1cccc(NC(=O)c2cccc(CC(C)C)c2)c1. The lowest BCUT2D eigenvalue weighted by atomic mass is 9.86. The highest BCUT2D eigenvalue weighted by molar-refractivity contribution is 6.07. The molecule has 5 amide bonds. The van der Waals surface area contributed by atoms with E-state index in [0.717, 1.165) is 98.9 Å². The molecule has 0 heterocycles. The number of rotatable bonds is 19. The van der Waals surface area contributed by atoms with Gasteiger partial charge in [0, 0.05) is 73.2 Å². The molecule has 0 fully saturated rings. The highest BCUT2D eigenvalue weighted by atomic mass is 16.5. The Morgan fingerprint density at radius 1 is 0.355 bits per heavy atom. The van der Waals surface area contributed by atoms with E-state index in [1.54, 1.807) is 37.4 Å². The molecule has 0 bridgehead atoms. The minimum atomic E-state index is -0.0988. The summed E-state index contributed by atoms with van der Waals surface area (Å²) in [4.78, 5) is 61.8. The van der Waals surface area contributed by atoms with Crippen LogP contribution in [-0.4, -0.2) is 42.2 Å². The number of hydrogen-bond acceptors (Lipinski definition) is 8. The van der Waals surface area contributed by atoms with Crippen LogP contribution in [0.25, 0.3) is 0 Å². The van der Waals surface area contributed by atoms with Crippen molar-refractivity contribution in [2.75, 3.05) is 44.7 Å². The molecule has 8 N–H and O–H groups in total. The van der Waals surface area contributed by atoms with E-state index in [0.29, 0.717) is 51.3 Å². The van der Waals surface area contributed by atoms with Gasteiger partial charge in [0.1, 0.15) is 5.75 Å². The third kappa shape index (κ3) is 30.2. The van der Waals surface area contributed by atoms with E-state index in [-0.39, 0.29) is 40.5 Å². The van der Waals surface area contributed by atoms with Gasteiger partial charge in [0.2, 0.25) is 0 Å². The van der Waals surface area contributed by atoms with Crippen LogP contribution in [0.5, 0.6) is 5.75 Å². The molecule has 0 saturated heterocycles. The Kier molecular flexibility index (Phi) is 32.1. The Labute approximate surface area is 638 Å². The first-order valence-corrected chi connectivity index (χ1v) is 37.0. The zero-order chi connectivity index (χ0) is 78.7. The predicted octanol–water partition coefficient (Wildman–Crippen LogP) is 22.8. The van der Waals surface area contributed by atoms with Crippen LogP contribution in [-0.2, 0) is 25.7 Å². The monoisotopic (exact) mass is 1440 g/mol. The van der Waals surface area contributed by atoms with E-state index in [4.69, 9.17) is 10.5 Å². The van der Waals surface area contributed by atoms with E-state index in [1.807, 2.05) is 217 Å². The summed E-state index contributed by atoms with van der Waals surface area (Å²) in [7, 11) is 1.66. The lowest BCUT2D eigenvalue weighted by molar-refractivity contribution is 0.101. The minimum Gasteiger partial charge on any atom is -0.496 e. The van der Waals surface area contributed by atoms with Crippen LogP contribution < -0.4 is 42.4 Å². The normalized spacial score (nSPS) is 10.9. The Morgan fingerprint density at radius 3 is 1.09 bits per heavy atom. The number of methoxy groups -OCH3 is 1. The molecule has 0 aromatic heterocycles. The van der Waals surface area contributed by atoms with Crippen molar-refractivity contribution in [2.45, 2.75) is 163 Å². The second-order valence-electron chi connectivity index (χ2n) is 31.3. The van der Waals surface area contributed by atoms with Gasteiger partial charge >= 0.3 is 0 Å². The second-order valence-corrected chi connectivity index (χ2v) is 31.3. The molecule has 10 aromatic carbocycles. The molecule has 0 spiro atoms. The summed E-state index contributed by atoms with van der Waals surface area (Å²) in [6, 6.07) is 69.4. The summed E-state index contributed by atoms with van der Waals surface area (Å²) in [5.74, 6) is 2.10. The lowest BCUT2D eigenvalue weighted by Gasteiger charge is -2.24. The van der Waals surface area contributed by atoms with Gasteiger partial charge in [0.05, 0.1) is 7.11 Å². The van der Waals surface area contributed by atoms with Gasteiger partial charge in [0.15, 0.2) is 0 Å². The number of ether oxygens (including phenoxy) is 1. The molecule has 13 heteroatoms. The molecular weight excluding hydrogens is 1320 g/mol. The Morgan fingerprint density at radius 2 is 0.701 bits per heavy atom. The van der Waals surface area contributed by atoms with E-state index in [9.17, 15) is 24.0 Å². The van der Waals surface area contributed by atoms with Crippen LogP contribution in [0.1, 0.15) is 196 Å². The number of hydrogen-bond donors (Lipinski definition) is 7. The summed E-state index contributed by atoms with van der Waals surface area (Å²) in [5.41, 5.74) is 27.8. The quantitative estimate of drug-likeness (QED) is 0.0389. The molecule has 0 unspecified atom stereocenters. The van der Waals surface area contributed by atoms with Crippen molar-refractivity contribution >= 4 is 69.3 Å². The number of amides is 5. The minimum absolute atomic E-state index is 0.0452. The van der Waals surface area contributed by atoms with Gasteiger partial charge in [-0.3, -0.25) is 24.0 Å². The van der Waals surface area contributed by atoms with E-state index in [2.05, 4.69) is 135 Å². The summed E-state index contributed by atoms with van der Waals surface area (Å²) in [6.45, 7) is 40.2. The smallest absolute Gasteiger partial charge is 0.255 e. The fourth-order valence-corrected chi connectivity index (χ4v) is 11.7. The standard InChI is InChI=1S/C20H25NO.C19H24N2O.C19H23NO2.C18H22N2O.C18H21NO/c1-14-7-6-8-18(11-14)21-19(22)16-10-9-15(2)17(12-16)13-20(3,4)5;1-13-7-6-8-16(11-13)20-18(22)15-10-9-14(2)17(12-15)21-19(3,4)5;1-13(2)10-16-12-15(8-9-18(16)22-4)19(21)20-17-7-5-6-14(3)11-17;1-12(2)10-15-11-14(5-4-13(15)3)18(21)20-17-8-6-16(19)7-9-17;1-13(2)10-15-7-5-8-16(12-15)18(20)19-17-9-4-6-14(3)11-17/h6-12H,13H2,1-5H3,(H,21,22);6-12,21H,1-5H3,(H,20,22);5-9,11-13H,10H2,1-4H3,(H,20,21);4-9,11-12H,10,19H2,1-3H3,(H,20,21);4-9,11-13H,10H2,1-3H3,(H,19,20). The van der Waals surface area contributed by atoms with Crippen molar-refractivity contribution in [2.24, 2.45) is 23.2 Å². The van der Waals surface area contributed by atoms with Gasteiger partial charge in [-0.1, -0.05) is 141 Å². The first-order valence-electron chi connectivity index (χ1n) is 37.0. The first-order chi connectivity index (χ1) is 50.5. The molecular formula is C94H115N7O6. The van der Waals surface area contributed by atoms with E-state index < -0.39 is 0 Å². The highest BCUT2D eigenvalue weighted by Crippen LogP contribution is 2.28. The molecule has 562 valence electrons. The summed E-state index contributed by atoms with van der Waals surface area (Å²) in [5, 5.41) is 18.1. The van der Waals surface area contributed by atoms with Crippen LogP contribution in [0.2, 0.25) is 0 Å². The summed E-state index contributed by atoms with van der Waals surface area (Å²) in [6.07, 6.45) is 3.82. The van der Waals surface area contributed by atoms with Crippen LogP contribution in [0.15, 0.2) is 218 Å². The van der Waals surface area contributed by atoms with Gasteiger partial charge in [0.25, 0.3) is 29.5 Å². The van der Waals surface area contributed by atoms with Crippen molar-refractivity contribution in [1.82, 2.24) is 0 Å². The van der Waals surface area contributed by atoms with E-state index in [1.165, 1.54) is 27.8 Å². The van der Waals surface area contributed by atoms with Gasteiger partial charge in [-0.25, -0.2) is 0 Å². The number of benzene rings is 10. The lowest BCUT2D eigenvalue weighted by Crippen LogP contribution is -2.26. The Balaban J connectivity index is 0.000000209. The van der Waals surface area contributed by atoms with Gasteiger partial charge < -0.3 is 42.4 Å². The fourth-order valence-electron chi connectivity index (χ4n) is 11.7. The van der Waals surface area contributed by atoms with Crippen molar-refractivity contribution in [3.8, 4) is 5.75 Å². The number of nitrogens with one attached hydrogen (secondary N) is 6. The third-order valence-electron chi connectivity index (χ3n) is 16.9. The topological polar surface area (TPSA) is 193 Å². The summed E-state index contributed by atoms with van der Waals surface area (Å²) >= 11 is 0. The molecule has 13 nitrogen and oxygen atoms in total. The molecule has 10 rings (SSSR count). The first kappa shape index (κ1) is 84.9. The molecule has 0 saturated carbocycles. The molecule has 0 atom stereocenters. The Bertz CT molecular complexity index is 4490. The molecule has 0 radical (unpaired) electrons. The van der Waals surface area contributed by atoms with Gasteiger partial charge in [-0.15, -0.1) is 0 Å². The highest BCUT2D eigenvalue weighted by Gasteiger charge is 2.19. The molecule has 0 aliphatic rings. The maximum atomic E-state index is 12.4. The fraction of sp³-hybridized carbons (Fsp3) is 0.309. The van der Waals surface area contributed by atoms with Crippen molar-refractivity contribution < 1.29 is 28.7 Å². The predicted molar refractivity (Wildman–Crippen MR) is 450 cm³/mol. The van der Waals surface area contributed by atoms with E-state index >= 15 is 0 Å². The zero-order valence-corrected chi connectivity index (χ0v) is 66.9. The number of carbonyl (C=O) groups excluding carboxylic acids is 5. The summed E-state index contributed by atoms with van der Waals surface area (Å²) < 4.78 is 5.38.